The highest BCUT2D eigenvalue weighted by atomic mass is 16.5. The Bertz CT molecular complexity index is 5140. The minimum atomic E-state index is -0.241. The molecule has 9 heteroatoms. The molecule has 130 heavy (non-hydrogen) atoms. The third kappa shape index (κ3) is 26.3. The van der Waals surface area contributed by atoms with Gasteiger partial charge in [-0.2, -0.15) is 0 Å². The topological polar surface area (TPSA) is 98.8 Å². The number of carbonyl (C=O) groups is 2. The van der Waals surface area contributed by atoms with Gasteiger partial charge in [-0.05, 0) is 374 Å². The monoisotopic (exact) mass is 1740 g/mol. The lowest BCUT2D eigenvalue weighted by Crippen LogP contribution is -2.16. The number of benzene rings is 7. The molecule has 14 aliphatic carbocycles. The lowest BCUT2D eigenvalue weighted by molar-refractivity contribution is -0.139. The van der Waals surface area contributed by atoms with Gasteiger partial charge in [-0.15, -0.1) is 0 Å². The molecule has 0 spiro atoms. The highest BCUT2D eigenvalue weighted by molar-refractivity contribution is 5.87. The number of carbonyl (C=O) groups excluding carboxylic acids is 2. The van der Waals surface area contributed by atoms with Crippen molar-refractivity contribution in [3.05, 3.63) is 355 Å². The predicted molar refractivity (Wildman–Crippen MR) is 530 cm³/mol. The summed E-state index contributed by atoms with van der Waals surface area (Å²) in [5.41, 5.74) is 8.41. The van der Waals surface area contributed by atoms with E-state index in [-0.39, 0.29) is 11.9 Å². The van der Waals surface area contributed by atoms with E-state index < -0.39 is 0 Å². The molecule has 0 radical (unpaired) electrons. The molecule has 14 bridgehead atoms. The lowest BCUT2D eigenvalue weighted by Gasteiger charge is -2.20. The number of hydrogen-bond donors (Lipinski definition) is 0. The van der Waals surface area contributed by atoms with Gasteiger partial charge >= 0.3 is 11.9 Å². The largest absolute Gasteiger partial charge is 0.494 e. The molecule has 21 atom stereocenters. The summed E-state index contributed by atoms with van der Waals surface area (Å²) in [6, 6.07) is 61.8. The van der Waals surface area contributed by atoms with Gasteiger partial charge in [0.05, 0.1) is 33.0 Å². The first kappa shape index (κ1) is 91.0. The van der Waals surface area contributed by atoms with Crippen LogP contribution < -0.4 is 23.7 Å². The van der Waals surface area contributed by atoms with Crippen molar-refractivity contribution in [3.63, 3.8) is 0 Å². The van der Waals surface area contributed by atoms with Crippen LogP contribution in [0.5, 0.6) is 28.7 Å². The van der Waals surface area contributed by atoms with E-state index in [1.54, 1.807) is 6.08 Å². The van der Waals surface area contributed by atoms with Crippen LogP contribution >= 0.6 is 0 Å². The van der Waals surface area contributed by atoms with Gasteiger partial charge in [0, 0.05) is 35.4 Å². The van der Waals surface area contributed by atoms with Crippen molar-refractivity contribution in [1.82, 2.24) is 0 Å². The zero-order chi connectivity index (χ0) is 88.6. The van der Waals surface area contributed by atoms with Gasteiger partial charge in [-0.3, -0.25) is 0 Å². The summed E-state index contributed by atoms with van der Waals surface area (Å²) >= 11 is 0. The summed E-state index contributed by atoms with van der Waals surface area (Å²) in [5, 5.41) is 0. The second-order valence-electron chi connectivity index (χ2n) is 40.1. The molecule has 676 valence electrons. The number of hydrogen-bond acceptors (Lipinski definition) is 9. The maximum Gasteiger partial charge on any atom is 0.330 e. The maximum absolute atomic E-state index is 11.7. The van der Waals surface area contributed by atoms with Crippen LogP contribution in [-0.2, 0) is 31.9 Å². The number of esters is 2. The van der Waals surface area contributed by atoms with E-state index in [1.165, 1.54) is 170 Å². The number of allylic oxidation sites excluding steroid dienone is 16. The van der Waals surface area contributed by atoms with Crippen molar-refractivity contribution >= 4 is 36.2 Å². The molecule has 23 rings (SSSR count). The molecule has 7 fully saturated rings. The molecule has 0 saturated heterocycles. The molecule has 7 saturated carbocycles. The lowest BCUT2D eigenvalue weighted by atomic mass is 9.88. The van der Waals surface area contributed by atoms with Gasteiger partial charge in [0.15, 0.2) is 0 Å². The van der Waals surface area contributed by atoms with Crippen LogP contribution in [0, 0.1) is 131 Å². The summed E-state index contributed by atoms with van der Waals surface area (Å²) in [5.74, 6) is 22.5. The fourth-order valence-electron chi connectivity index (χ4n) is 23.8. The first-order valence-corrected chi connectivity index (χ1v) is 49.8. The van der Waals surface area contributed by atoms with Gasteiger partial charge in [-0.1, -0.05) is 244 Å². The van der Waals surface area contributed by atoms with E-state index in [0.717, 1.165) is 184 Å². The molecular weight excluding hydrogens is 1600 g/mol. The molecule has 2 heterocycles. The van der Waals surface area contributed by atoms with Gasteiger partial charge in [0.1, 0.15) is 40.3 Å². The highest BCUT2D eigenvalue weighted by Gasteiger charge is 2.41. The van der Waals surface area contributed by atoms with E-state index in [0.29, 0.717) is 48.4 Å². The first-order chi connectivity index (χ1) is 63.8. The Balaban J connectivity index is 0.000000107. The van der Waals surface area contributed by atoms with Gasteiger partial charge in [-0.25, -0.2) is 9.59 Å². The van der Waals surface area contributed by atoms with Crippen LogP contribution in [0.2, 0.25) is 0 Å². The molecule has 2 aliphatic heterocycles. The Kier molecular flexibility index (Phi) is 32.0. The number of fused-ring (bicyclic) bond motifs is 16. The number of ether oxygens (including phenoxy) is 7. The van der Waals surface area contributed by atoms with E-state index in [2.05, 4.69) is 159 Å². The zero-order valence-corrected chi connectivity index (χ0v) is 76.7. The van der Waals surface area contributed by atoms with Crippen LogP contribution in [0.15, 0.2) is 316 Å². The molecule has 16 aliphatic rings. The van der Waals surface area contributed by atoms with Crippen LogP contribution in [0.4, 0.5) is 0 Å². The van der Waals surface area contributed by atoms with Crippen molar-refractivity contribution in [3.8, 4) is 28.7 Å². The molecule has 7 aromatic rings. The molecule has 0 aromatic heterocycles. The fraction of sp³-hybridized carbons (Fsp3) is 0.421. The average molecular weight is 1740 g/mol. The van der Waals surface area contributed by atoms with Crippen molar-refractivity contribution in [1.29, 1.82) is 0 Å². The van der Waals surface area contributed by atoms with Gasteiger partial charge in [0.2, 0.25) is 0 Å². The molecule has 0 N–H and O–H groups in total. The van der Waals surface area contributed by atoms with Crippen LogP contribution in [0.1, 0.15) is 180 Å². The maximum atomic E-state index is 11.7. The standard InChI is InChI=1S/C19H20O2.C19H22O2.C18H18O2.C17H18O2.C17H22.C16H20.C15H18O/c1-13-2-4-15-6-7-18(12-19(15)21-13)20-9-8-17-11-14-3-5-16(17)10-14;1-14-2-4-15(5-3-14)7-9-19(20)21-11-10-18-13-16-6-8-17(18)12-16;1-12-2-4-14-6-7-17(10-18(14)20-12)19-11-16-9-13-3-5-15(16)8-13;18-17(9-7-13-4-2-1-3-5-13)19-12-16-11-14-6-8-15(16)10-14;1-2-6-14(7-3-1)8-4-5-9-16-12-15-10-11-17(16)13-15;1-2-5-13(6-3-1)7-4-8-15-11-14-9-10-16(15)12-14;1-2-4-15(5-3-1)16-9-8-14-11-12-6-7-13(14)10-12/h2-7,12,14,16-17H,1,8-11H2;2-9,16-18H,10-13H2,1H3;2-7,10,13,15-16H,1,8-9,11H2;1-9,14-16H,10-12H2;1-3,6-7,10-11,15-17H,4-5,8-9,12-13H2;1-3,5-6,9-10,14-16H,4,7-8,11-12H2;1-7,12-14H,8-11H2/b;9-7+;;9-7+;;;. The summed E-state index contributed by atoms with van der Waals surface area (Å²) < 4.78 is 39.5. The van der Waals surface area contributed by atoms with Crippen LogP contribution in [-0.4, -0.2) is 45.0 Å². The Hall–Kier alpha value is -10.9. The second kappa shape index (κ2) is 45.8. The van der Waals surface area contributed by atoms with Crippen molar-refractivity contribution in [2.45, 2.75) is 161 Å². The third-order valence-corrected chi connectivity index (χ3v) is 30.9. The van der Waals surface area contributed by atoms with Crippen molar-refractivity contribution in [2.75, 3.05) is 33.0 Å². The van der Waals surface area contributed by atoms with E-state index in [1.807, 2.05) is 159 Å². The number of unbranched alkanes of at least 4 members (excludes halogenated alkanes) is 1. The summed E-state index contributed by atoms with van der Waals surface area (Å²) in [7, 11) is 0. The Labute approximate surface area is 776 Å². The Morgan fingerprint density at radius 2 is 0.677 bits per heavy atom. The molecule has 21 unspecified atom stereocenters. The minimum absolute atomic E-state index is 0.240. The normalized spacial score (nSPS) is 29.1. The summed E-state index contributed by atoms with van der Waals surface area (Å²) in [6.45, 7) is 13.3. The minimum Gasteiger partial charge on any atom is -0.494 e. The average Bonchev–Trinajstić information content (AvgIpc) is 1.74. The Morgan fingerprint density at radius 1 is 0.323 bits per heavy atom. The SMILES string of the molecule is C1=CC2CC1CC2CCCCc1ccccc1.C1=CC2CC1CC2CCCc1ccccc1.C1=CC2CC1CC2CCOc1ccccc1.C=C1C=Cc2ccc(OCC3CC4C=CC3C4)cc2O1.C=C1C=Cc2ccc(OCCC3CC4C=CC3C4)cc2O1.Cc1ccc(/C=C/C(=O)OCCC2CC3C=CC2C3)cc1.O=C(/C=C/c1ccccc1)OCC1CC2C=CC1C2. The molecule has 0 amide bonds. The third-order valence-electron chi connectivity index (χ3n) is 30.9. The van der Waals surface area contributed by atoms with E-state index in [4.69, 9.17) is 33.2 Å². The van der Waals surface area contributed by atoms with Crippen molar-refractivity contribution in [2.24, 2.45) is 124 Å². The quantitative estimate of drug-likeness (QED) is 0.0196. The zero-order valence-electron chi connectivity index (χ0n) is 76.7. The van der Waals surface area contributed by atoms with Crippen LogP contribution in [0.3, 0.4) is 0 Å². The molecule has 9 nitrogen and oxygen atoms in total. The Morgan fingerprint density at radius 3 is 1.10 bits per heavy atom. The molecular formula is C121H138O9. The fourth-order valence-corrected chi connectivity index (χ4v) is 23.8. The summed E-state index contributed by atoms with van der Waals surface area (Å²) in [6.07, 6.45) is 79.8. The van der Waals surface area contributed by atoms with E-state index in [9.17, 15) is 9.59 Å². The summed E-state index contributed by atoms with van der Waals surface area (Å²) in [4.78, 5) is 23.3. The number of para-hydroxylation sites is 1. The second-order valence-corrected chi connectivity index (χ2v) is 40.1. The van der Waals surface area contributed by atoms with Gasteiger partial charge < -0.3 is 33.2 Å². The van der Waals surface area contributed by atoms with E-state index >= 15 is 0 Å². The number of rotatable bonds is 29. The predicted octanol–water partition coefficient (Wildman–Crippen LogP) is 28.9. The molecule has 7 aromatic carbocycles. The highest BCUT2D eigenvalue weighted by Crippen LogP contribution is 2.51. The van der Waals surface area contributed by atoms with Crippen LogP contribution in [0.25, 0.3) is 24.3 Å². The van der Waals surface area contributed by atoms with Crippen molar-refractivity contribution < 1.29 is 42.7 Å². The number of aryl methyl sites for hydroxylation is 3. The first-order valence-electron chi connectivity index (χ1n) is 49.8. The smallest absolute Gasteiger partial charge is 0.330 e. The van der Waals surface area contributed by atoms with Gasteiger partial charge in [0.25, 0.3) is 0 Å².